The molecular formula is C14H17ClN4. The summed E-state index contributed by atoms with van der Waals surface area (Å²) in [6.07, 6.45) is 6.30. The van der Waals surface area contributed by atoms with Crippen LogP contribution in [0.5, 0.6) is 0 Å². The second-order valence-corrected chi connectivity index (χ2v) is 4.34. The Labute approximate surface area is 117 Å². The molecule has 2 aromatic heterocycles. The van der Waals surface area contributed by atoms with Crippen molar-refractivity contribution in [3.8, 4) is 11.5 Å². The average Bonchev–Trinajstić information content (AvgIpc) is 2.87. The molecule has 0 saturated heterocycles. The minimum Gasteiger partial charge on any atom is -0.384 e. The van der Waals surface area contributed by atoms with E-state index >= 15 is 0 Å². The van der Waals surface area contributed by atoms with Crippen LogP contribution in [0.25, 0.3) is 23.7 Å². The normalized spacial score (nSPS) is 12.6. The minimum atomic E-state index is 0.437. The number of imidazole rings is 1. The Kier molecular flexibility index (Phi) is 4.22. The van der Waals surface area contributed by atoms with Crippen molar-refractivity contribution in [2.45, 2.75) is 26.7 Å². The number of pyridine rings is 1. The monoisotopic (exact) mass is 276 g/mol. The molecule has 0 unspecified atom stereocenters. The van der Waals surface area contributed by atoms with Gasteiger partial charge in [0.15, 0.2) is 5.82 Å². The van der Waals surface area contributed by atoms with Gasteiger partial charge in [-0.05, 0) is 25.0 Å². The molecular weight excluding hydrogens is 260 g/mol. The van der Waals surface area contributed by atoms with Crippen LogP contribution in [-0.4, -0.2) is 15.0 Å². The van der Waals surface area contributed by atoms with Crippen molar-refractivity contribution in [1.29, 1.82) is 0 Å². The lowest BCUT2D eigenvalue weighted by atomic mass is 10.2. The number of aromatic nitrogens is 3. The summed E-state index contributed by atoms with van der Waals surface area (Å²) >= 11 is 6.10. The van der Waals surface area contributed by atoms with Gasteiger partial charge in [-0.2, -0.15) is 0 Å². The van der Waals surface area contributed by atoms with Gasteiger partial charge in [0.2, 0.25) is 0 Å². The van der Waals surface area contributed by atoms with Crippen LogP contribution in [0.3, 0.4) is 0 Å². The highest BCUT2D eigenvalue weighted by atomic mass is 35.5. The molecule has 0 fully saturated rings. The van der Waals surface area contributed by atoms with Gasteiger partial charge in [0.05, 0.1) is 15.7 Å². The zero-order chi connectivity index (χ0) is 13.8. The summed E-state index contributed by atoms with van der Waals surface area (Å²) in [5.74, 6) is 1.11. The molecule has 1 aliphatic carbocycles. The number of rotatable bonds is 1. The van der Waals surface area contributed by atoms with Gasteiger partial charge in [-0.25, -0.2) is 9.97 Å². The third-order valence-electron chi connectivity index (χ3n) is 2.71. The molecule has 0 saturated carbocycles. The lowest BCUT2D eigenvalue weighted by Crippen LogP contribution is -2.26. The number of anilines is 1. The Hall–Kier alpha value is -1.81. The summed E-state index contributed by atoms with van der Waals surface area (Å²) < 4.78 is 0. The number of H-pyrrole nitrogens is 1. The maximum atomic E-state index is 6.10. The number of nitrogens with zero attached hydrogens (tertiary/aromatic N) is 2. The highest BCUT2D eigenvalue weighted by Crippen LogP contribution is 2.22. The van der Waals surface area contributed by atoms with Crippen LogP contribution in [0.1, 0.15) is 26.7 Å². The van der Waals surface area contributed by atoms with Crippen molar-refractivity contribution in [3.05, 3.63) is 27.9 Å². The summed E-state index contributed by atoms with van der Waals surface area (Å²) in [5.41, 5.74) is 6.26. The molecule has 3 rings (SSSR count). The Bertz CT molecular complexity index is 654. The maximum Gasteiger partial charge on any atom is 0.158 e. The number of halogens is 1. The molecule has 2 aromatic rings. The lowest BCUT2D eigenvalue weighted by molar-refractivity contribution is 1.09. The first-order valence-electron chi connectivity index (χ1n) is 6.43. The first kappa shape index (κ1) is 13.6. The van der Waals surface area contributed by atoms with Crippen molar-refractivity contribution in [2.75, 3.05) is 5.73 Å². The first-order chi connectivity index (χ1) is 9.24. The van der Waals surface area contributed by atoms with Gasteiger partial charge in [0.1, 0.15) is 11.5 Å². The molecule has 0 radical (unpaired) electrons. The number of aromatic amines is 1. The molecule has 4 nitrogen and oxygen atoms in total. The van der Waals surface area contributed by atoms with Crippen molar-refractivity contribution in [3.63, 3.8) is 0 Å². The van der Waals surface area contributed by atoms with E-state index in [2.05, 4.69) is 27.1 Å². The molecule has 2 heterocycles. The zero-order valence-corrected chi connectivity index (χ0v) is 11.8. The van der Waals surface area contributed by atoms with Gasteiger partial charge >= 0.3 is 0 Å². The van der Waals surface area contributed by atoms with E-state index in [1.807, 2.05) is 13.8 Å². The van der Waals surface area contributed by atoms with Crippen LogP contribution >= 0.6 is 11.6 Å². The number of nitrogens with two attached hydrogens (primary N) is 1. The molecule has 0 aromatic carbocycles. The smallest absolute Gasteiger partial charge is 0.158 e. The Balaban J connectivity index is 0.000000637. The van der Waals surface area contributed by atoms with Gasteiger partial charge < -0.3 is 10.7 Å². The molecule has 0 aliphatic heterocycles. The van der Waals surface area contributed by atoms with Gasteiger partial charge in [0, 0.05) is 0 Å². The van der Waals surface area contributed by atoms with Crippen LogP contribution in [0.15, 0.2) is 12.1 Å². The van der Waals surface area contributed by atoms with E-state index < -0.39 is 0 Å². The number of hydrogen-bond donors (Lipinski definition) is 2. The number of nitrogen functional groups attached to an aromatic ring is 1. The molecule has 0 atom stereocenters. The van der Waals surface area contributed by atoms with Crippen LogP contribution in [0.2, 0.25) is 5.02 Å². The third kappa shape index (κ3) is 2.79. The van der Waals surface area contributed by atoms with Crippen molar-refractivity contribution in [1.82, 2.24) is 15.0 Å². The van der Waals surface area contributed by atoms with E-state index in [1.165, 1.54) is 0 Å². The summed E-state index contributed by atoms with van der Waals surface area (Å²) in [4.78, 5) is 11.9. The summed E-state index contributed by atoms with van der Waals surface area (Å²) in [6.45, 7) is 4.00. The fourth-order valence-corrected chi connectivity index (χ4v) is 2.09. The first-order valence-corrected chi connectivity index (χ1v) is 6.80. The molecule has 0 amide bonds. The van der Waals surface area contributed by atoms with E-state index in [9.17, 15) is 0 Å². The second kappa shape index (κ2) is 5.89. The zero-order valence-electron chi connectivity index (χ0n) is 11.1. The molecule has 3 N–H and O–H groups in total. The van der Waals surface area contributed by atoms with Crippen molar-refractivity contribution < 1.29 is 0 Å². The van der Waals surface area contributed by atoms with Crippen LogP contribution in [0.4, 0.5) is 5.82 Å². The van der Waals surface area contributed by atoms with Crippen molar-refractivity contribution in [2.24, 2.45) is 0 Å². The largest absolute Gasteiger partial charge is 0.384 e. The number of hydrogen-bond acceptors (Lipinski definition) is 3. The van der Waals surface area contributed by atoms with Crippen LogP contribution in [-0.2, 0) is 0 Å². The van der Waals surface area contributed by atoms with Crippen LogP contribution in [0, 0.1) is 0 Å². The quantitative estimate of drug-likeness (QED) is 0.838. The van der Waals surface area contributed by atoms with Gasteiger partial charge in [0.25, 0.3) is 0 Å². The molecule has 0 bridgehead atoms. The fraction of sp³-hybridized carbons (Fsp3) is 0.286. The molecule has 5 heteroatoms. The Morgan fingerprint density at radius 2 is 1.89 bits per heavy atom. The lowest BCUT2D eigenvalue weighted by Gasteiger charge is -2.00. The van der Waals surface area contributed by atoms with Crippen molar-refractivity contribution >= 4 is 29.6 Å². The predicted molar refractivity (Wildman–Crippen MR) is 80.0 cm³/mol. The van der Waals surface area contributed by atoms with E-state index in [1.54, 1.807) is 12.1 Å². The molecule has 19 heavy (non-hydrogen) atoms. The second-order valence-electron chi connectivity index (χ2n) is 3.94. The van der Waals surface area contributed by atoms with E-state index in [0.29, 0.717) is 22.4 Å². The number of fused-ring (bicyclic) bond motifs is 1. The fourth-order valence-electron chi connectivity index (χ4n) is 1.89. The molecule has 1 aliphatic rings. The van der Waals surface area contributed by atoms with Gasteiger partial charge in [-0.1, -0.05) is 37.6 Å². The highest BCUT2D eigenvalue weighted by molar-refractivity contribution is 6.32. The van der Waals surface area contributed by atoms with Crippen LogP contribution < -0.4 is 16.4 Å². The van der Waals surface area contributed by atoms with Gasteiger partial charge in [-0.15, -0.1) is 0 Å². The summed E-state index contributed by atoms with van der Waals surface area (Å²) in [6, 6.07) is 3.40. The third-order valence-corrected chi connectivity index (χ3v) is 3.01. The standard InChI is InChI=1S/C12H11ClN4.C2H6/c13-7-5-6-10(14)17-11(7)12-15-8-3-1-2-4-9(8)16-12;1-2/h3-6H,1-2H2,(H2,14,17)(H,15,16);1-2H3. The molecule has 100 valence electrons. The topological polar surface area (TPSA) is 67.6 Å². The Morgan fingerprint density at radius 1 is 1.16 bits per heavy atom. The summed E-state index contributed by atoms with van der Waals surface area (Å²) in [5, 5.41) is 2.54. The molecule has 0 spiro atoms. The van der Waals surface area contributed by atoms with E-state index in [-0.39, 0.29) is 0 Å². The average molecular weight is 277 g/mol. The predicted octanol–water partition coefficient (Wildman–Crippen LogP) is 2.09. The number of nitrogens with one attached hydrogen (secondary N) is 1. The summed E-state index contributed by atoms with van der Waals surface area (Å²) in [7, 11) is 0. The highest BCUT2D eigenvalue weighted by Gasteiger charge is 2.10. The maximum absolute atomic E-state index is 6.10. The van der Waals surface area contributed by atoms with E-state index in [0.717, 1.165) is 23.5 Å². The minimum absolute atomic E-state index is 0.437. The van der Waals surface area contributed by atoms with Gasteiger partial charge in [-0.3, -0.25) is 0 Å². The van der Waals surface area contributed by atoms with E-state index in [4.69, 9.17) is 17.3 Å². The Morgan fingerprint density at radius 3 is 2.63 bits per heavy atom. The SMILES string of the molecule is CC.Nc1ccc(Cl)c(-c2nc3c([nH]2)=CCCC=3)n1.